The van der Waals surface area contributed by atoms with Gasteiger partial charge in [-0.3, -0.25) is 0 Å². The van der Waals surface area contributed by atoms with Crippen LogP contribution in [0.1, 0.15) is 0 Å². The molecule has 0 aliphatic heterocycles. The third-order valence-corrected chi connectivity index (χ3v) is 3.29. The Bertz CT molecular complexity index is 926. The predicted octanol–water partition coefficient (Wildman–Crippen LogP) is 2.59. The van der Waals surface area contributed by atoms with Gasteiger partial charge in [-0.15, -0.1) is 0 Å². The molecule has 22 heavy (non-hydrogen) atoms. The number of fused-ring (bicyclic) bond motifs is 1. The van der Waals surface area contributed by atoms with E-state index >= 15 is 0 Å². The number of hydrogen-bond donors (Lipinski definition) is 3. The van der Waals surface area contributed by atoms with Crippen molar-refractivity contribution in [1.29, 1.82) is 0 Å². The zero-order chi connectivity index (χ0) is 15.9. The molecule has 3 rings (SSSR count). The van der Waals surface area contributed by atoms with Gasteiger partial charge < -0.3 is 24.5 Å². The van der Waals surface area contributed by atoms with E-state index in [9.17, 15) is 20.1 Å². The molecule has 0 aliphatic rings. The van der Waals surface area contributed by atoms with Crippen LogP contribution in [0.4, 0.5) is 0 Å². The van der Waals surface area contributed by atoms with Crippen molar-refractivity contribution in [3.05, 3.63) is 46.8 Å². The van der Waals surface area contributed by atoms with Crippen molar-refractivity contribution >= 4 is 11.0 Å². The third-order valence-electron chi connectivity index (χ3n) is 3.29. The monoisotopic (exact) mass is 300 g/mol. The first-order valence-corrected chi connectivity index (χ1v) is 6.37. The summed E-state index contributed by atoms with van der Waals surface area (Å²) in [6.07, 6.45) is 0. The fraction of sp³-hybridized carbons (Fsp3) is 0.0625. The highest BCUT2D eigenvalue weighted by molar-refractivity contribution is 5.89. The topological polar surface area (TPSA) is 100 Å². The first kappa shape index (κ1) is 13.8. The summed E-state index contributed by atoms with van der Waals surface area (Å²) in [6, 6.07) is 8.10. The van der Waals surface area contributed by atoms with Gasteiger partial charge in [0.1, 0.15) is 28.6 Å². The number of rotatable bonds is 2. The minimum absolute atomic E-state index is 0.0901. The highest BCUT2D eigenvalue weighted by atomic mass is 16.5. The maximum atomic E-state index is 12.1. The first-order valence-electron chi connectivity index (χ1n) is 6.37. The number of hydrogen-bond acceptors (Lipinski definition) is 6. The van der Waals surface area contributed by atoms with E-state index in [-0.39, 0.29) is 34.0 Å². The van der Waals surface area contributed by atoms with Crippen LogP contribution in [0.5, 0.6) is 23.0 Å². The summed E-state index contributed by atoms with van der Waals surface area (Å²) in [5.41, 5.74) is -0.164. The molecule has 112 valence electrons. The zero-order valence-electron chi connectivity index (χ0n) is 11.5. The van der Waals surface area contributed by atoms with Crippen LogP contribution in [0.2, 0.25) is 0 Å². The average molecular weight is 300 g/mol. The van der Waals surface area contributed by atoms with Gasteiger partial charge in [0.05, 0.1) is 18.1 Å². The van der Waals surface area contributed by atoms with Crippen LogP contribution in [-0.4, -0.2) is 22.4 Å². The smallest absolute Gasteiger partial charge is 0.344 e. The standard InChI is InChI=1S/C16H12O6/c1-21-14-5-9(18)6-15-12(14)7-11(16(20)22-15)10-3-2-8(17)4-13(10)19/h2-7,17-19H,1H3. The van der Waals surface area contributed by atoms with Crippen LogP contribution >= 0.6 is 0 Å². The molecule has 0 radical (unpaired) electrons. The van der Waals surface area contributed by atoms with Crippen molar-refractivity contribution in [3.8, 4) is 34.1 Å². The lowest BCUT2D eigenvalue weighted by Gasteiger charge is -2.08. The van der Waals surface area contributed by atoms with E-state index in [0.29, 0.717) is 11.1 Å². The predicted molar refractivity (Wildman–Crippen MR) is 79.5 cm³/mol. The van der Waals surface area contributed by atoms with Crippen LogP contribution < -0.4 is 10.4 Å². The Morgan fingerprint density at radius 2 is 1.73 bits per heavy atom. The largest absolute Gasteiger partial charge is 0.508 e. The SMILES string of the molecule is COc1cc(O)cc2oc(=O)c(-c3ccc(O)cc3O)cc12. The van der Waals surface area contributed by atoms with Crippen LogP contribution in [0.15, 0.2) is 45.6 Å². The quantitative estimate of drug-likeness (QED) is 0.629. The second kappa shape index (κ2) is 5.00. The van der Waals surface area contributed by atoms with E-state index in [1.54, 1.807) is 0 Å². The third kappa shape index (κ3) is 2.20. The molecule has 3 N–H and O–H groups in total. The van der Waals surface area contributed by atoms with Gasteiger partial charge >= 0.3 is 5.63 Å². The molecular formula is C16H12O6. The summed E-state index contributed by atoms with van der Waals surface area (Å²) in [4.78, 5) is 12.1. The van der Waals surface area contributed by atoms with Gasteiger partial charge in [-0.1, -0.05) is 0 Å². The van der Waals surface area contributed by atoms with E-state index in [2.05, 4.69) is 0 Å². The van der Waals surface area contributed by atoms with Crippen LogP contribution in [-0.2, 0) is 0 Å². The van der Waals surface area contributed by atoms with Crippen LogP contribution in [0.25, 0.3) is 22.1 Å². The van der Waals surface area contributed by atoms with Gasteiger partial charge in [0.15, 0.2) is 0 Å². The summed E-state index contributed by atoms with van der Waals surface area (Å²) in [5, 5.41) is 29.3. The zero-order valence-corrected chi connectivity index (χ0v) is 11.5. The Kier molecular flexibility index (Phi) is 3.14. The summed E-state index contributed by atoms with van der Waals surface area (Å²) >= 11 is 0. The molecule has 0 spiro atoms. The summed E-state index contributed by atoms with van der Waals surface area (Å²) < 4.78 is 10.4. The van der Waals surface area contributed by atoms with Gasteiger partial charge in [-0.05, 0) is 18.2 Å². The molecule has 6 heteroatoms. The Labute approximate surface area is 124 Å². The van der Waals surface area contributed by atoms with Crippen molar-refractivity contribution in [3.63, 3.8) is 0 Å². The lowest BCUT2D eigenvalue weighted by Crippen LogP contribution is -2.03. The highest BCUT2D eigenvalue weighted by Gasteiger charge is 2.15. The van der Waals surface area contributed by atoms with Gasteiger partial charge in [0.2, 0.25) is 0 Å². The molecule has 0 bridgehead atoms. The van der Waals surface area contributed by atoms with Gasteiger partial charge in [0, 0.05) is 23.8 Å². The van der Waals surface area contributed by atoms with E-state index < -0.39 is 5.63 Å². The van der Waals surface area contributed by atoms with Crippen molar-refractivity contribution in [1.82, 2.24) is 0 Å². The molecule has 0 amide bonds. The maximum absolute atomic E-state index is 12.1. The number of ether oxygens (including phenoxy) is 1. The highest BCUT2D eigenvalue weighted by Crippen LogP contribution is 2.35. The second-order valence-electron chi connectivity index (χ2n) is 4.71. The van der Waals surface area contributed by atoms with E-state index in [1.165, 1.54) is 37.4 Å². The minimum Gasteiger partial charge on any atom is -0.508 e. The number of benzene rings is 2. The van der Waals surface area contributed by atoms with Crippen molar-refractivity contribution in [2.45, 2.75) is 0 Å². The number of phenolic OH excluding ortho intramolecular Hbond substituents is 3. The molecule has 0 saturated heterocycles. The summed E-state index contributed by atoms with van der Waals surface area (Å²) in [6.45, 7) is 0. The molecule has 0 unspecified atom stereocenters. The van der Waals surface area contributed by atoms with Crippen molar-refractivity contribution < 1.29 is 24.5 Å². The summed E-state index contributed by atoms with van der Waals surface area (Å²) in [5.74, 6) is -0.121. The summed E-state index contributed by atoms with van der Waals surface area (Å²) in [7, 11) is 1.43. The molecule has 0 saturated carbocycles. The molecule has 1 heterocycles. The lowest BCUT2D eigenvalue weighted by molar-refractivity contribution is 0.411. The van der Waals surface area contributed by atoms with Crippen LogP contribution in [0.3, 0.4) is 0 Å². The van der Waals surface area contributed by atoms with E-state index in [0.717, 1.165) is 6.07 Å². The molecule has 0 aliphatic carbocycles. The van der Waals surface area contributed by atoms with Gasteiger partial charge in [0.25, 0.3) is 0 Å². The number of aromatic hydroxyl groups is 3. The second-order valence-corrected chi connectivity index (χ2v) is 4.71. The fourth-order valence-corrected chi connectivity index (χ4v) is 2.28. The van der Waals surface area contributed by atoms with E-state index in [4.69, 9.17) is 9.15 Å². The molecule has 2 aromatic carbocycles. The van der Waals surface area contributed by atoms with Crippen molar-refractivity contribution in [2.75, 3.05) is 7.11 Å². The maximum Gasteiger partial charge on any atom is 0.344 e. The Morgan fingerprint density at radius 3 is 2.41 bits per heavy atom. The number of methoxy groups -OCH3 is 1. The Hall–Kier alpha value is -3.15. The van der Waals surface area contributed by atoms with Crippen LogP contribution in [0, 0.1) is 0 Å². The Morgan fingerprint density at radius 1 is 0.955 bits per heavy atom. The van der Waals surface area contributed by atoms with Gasteiger partial charge in [-0.25, -0.2) is 4.79 Å². The van der Waals surface area contributed by atoms with E-state index in [1.807, 2.05) is 0 Å². The molecule has 3 aromatic rings. The minimum atomic E-state index is -0.679. The lowest BCUT2D eigenvalue weighted by atomic mass is 10.0. The van der Waals surface area contributed by atoms with Gasteiger partial charge in [-0.2, -0.15) is 0 Å². The molecular weight excluding hydrogens is 288 g/mol. The molecule has 0 fully saturated rings. The molecule has 6 nitrogen and oxygen atoms in total. The normalized spacial score (nSPS) is 10.8. The average Bonchev–Trinajstić information content (AvgIpc) is 2.46. The Balaban J connectivity index is 2.33. The van der Waals surface area contributed by atoms with Crippen molar-refractivity contribution in [2.24, 2.45) is 0 Å². The fourth-order valence-electron chi connectivity index (χ4n) is 2.28. The molecule has 1 aromatic heterocycles. The number of phenols is 3. The first-order chi connectivity index (χ1) is 10.5. The molecule has 0 atom stereocenters.